The van der Waals surface area contributed by atoms with E-state index in [0.717, 1.165) is 25.9 Å². The van der Waals surface area contributed by atoms with Gasteiger partial charge in [0, 0.05) is 39.0 Å². The van der Waals surface area contributed by atoms with Crippen molar-refractivity contribution in [1.29, 1.82) is 0 Å². The van der Waals surface area contributed by atoms with Crippen LogP contribution in [0.3, 0.4) is 0 Å². The smallest absolute Gasteiger partial charge is 0.244 e. The molecule has 1 heterocycles. The van der Waals surface area contributed by atoms with E-state index in [1.807, 2.05) is 18.7 Å². The monoisotopic (exact) mass is 393 g/mol. The quantitative estimate of drug-likeness (QED) is 0.503. The summed E-state index contributed by atoms with van der Waals surface area (Å²) in [5, 5.41) is 8.59. The average molecular weight is 394 g/mol. The van der Waals surface area contributed by atoms with Crippen LogP contribution in [0.1, 0.15) is 52.9 Å². The van der Waals surface area contributed by atoms with Crippen LogP contribution in [0.5, 0.6) is 0 Å². The van der Waals surface area contributed by atoms with Crippen molar-refractivity contribution < 1.29 is 23.2 Å². The number of hydrogen-bond donors (Lipinski definition) is 2. The van der Waals surface area contributed by atoms with Crippen molar-refractivity contribution >= 4 is 21.8 Å². The first-order valence-electron chi connectivity index (χ1n) is 9.15. The molecule has 0 aromatic rings. The molecule has 1 atom stereocenters. The number of sulfonamides is 1. The van der Waals surface area contributed by atoms with Crippen molar-refractivity contribution in [3.8, 4) is 0 Å². The second-order valence-corrected chi connectivity index (χ2v) is 9.22. The summed E-state index contributed by atoms with van der Waals surface area (Å²) in [6.45, 7) is 8.00. The topological polar surface area (TPSA) is 107 Å². The summed E-state index contributed by atoms with van der Waals surface area (Å²) >= 11 is 0. The predicted molar refractivity (Wildman–Crippen MR) is 101 cm³/mol. The number of carbonyl (C=O) groups excluding carboxylic acids is 2. The van der Waals surface area contributed by atoms with E-state index in [1.54, 1.807) is 19.5 Å². The van der Waals surface area contributed by atoms with Crippen LogP contribution < -0.4 is 5.48 Å². The van der Waals surface area contributed by atoms with Crippen LogP contribution in [0.2, 0.25) is 0 Å². The fraction of sp³-hybridized carbons (Fsp3) is 0.882. The Morgan fingerprint density at radius 2 is 1.73 bits per heavy atom. The maximum absolute atomic E-state index is 12.3. The fourth-order valence-corrected chi connectivity index (χ4v) is 3.19. The van der Waals surface area contributed by atoms with Crippen molar-refractivity contribution in [1.82, 2.24) is 14.7 Å². The number of nitrogens with one attached hydrogen (secondary N) is 1. The number of hydroxylamine groups is 1. The second-order valence-electron chi connectivity index (χ2n) is 7.13. The zero-order chi connectivity index (χ0) is 20.3. The van der Waals surface area contributed by atoms with E-state index < -0.39 is 15.9 Å². The molecule has 8 nitrogen and oxygen atoms in total. The zero-order valence-corrected chi connectivity index (χ0v) is 17.5. The third-order valence-corrected chi connectivity index (χ3v) is 5.73. The normalized spacial score (nSPS) is 16.1. The first-order chi connectivity index (χ1) is 12.0. The van der Waals surface area contributed by atoms with E-state index in [2.05, 4.69) is 0 Å². The lowest BCUT2D eigenvalue weighted by Gasteiger charge is -2.30. The number of rotatable bonds is 7. The molecule has 0 aliphatic carbocycles. The van der Waals surface area contributed by atoms with Gasteiger partial charge in [-0.2, -0.15) is 0 Å². The van der Waals surface area contributed by atoms with Gasteiger partial charge in [0.2, 0.25) is 21.8 Å². The van der Waals surface area contributed by atoms with Gasteiger partial charge < -0.3 is 4.90 Å². The summed E-state index contributed by atoms with van der Waals surface area (Å²) in [6, 6.07) is 0. The molecule has 1 saturated heterocycles. The van der Waals surface area contributed by atoms with E-state index in [0.29, 0.717) is 18.9 Å². The minimum Gasteiger partial charge on any atom is -0.342 e. The number of piperidine rings is 1. The molecular weight excluding hydrogens is 358 g/mol. The molecule has 0 aromatic heterocycles. The van der Waals surface area contributed by atoms with Gasteiger partial charge >= 0.3 is 0 Å². The Morgan fingerprint density at radius 1 is 1.19 bits per heavy atom. The van der Waals surface area contributed by atoms with Crippen LogP contribution in [0.4, 0.5) is 0 Å². The Labute approximate surface area is 157 Å². The number of nitrogens with zero attached hydrogens (tertiary/aromatic N) is 2. The highest BCUT2D eigenvalue weighted by molar-refractivity contribution is 7.88. The molecule has 9 heteroatoms. The number of hydrogen-bond acceptors (Lipinski definition) is 5. The van der Waals surface area contributed by atoms with Crippen LogP contribution in [-0.2, 0) is 19.6 Å². The average Bonchev–Trinajstić information content (AvgIpc) is 2.59. The van der Waals surface area contributed by atoms with Crippen LogP contribution in [-0.4, -0.2) is 67.6 Å². The van der Waals surface area contributed by atoms with Gasteiger partial charge in [0.05, 0.1) is 6.26 Å². The second kappa shape index (κ2) is 12.2. The summed E-state index contributed by atoms with van der Waals surface area (Å²) in [5.74, 6) is -0.372. The van der Waals surface area contributed by atoms with Crippen LogP contribution >= 0.6 is 0 Å². The molecule has 1 fully saturated rings. The third kappa shape index (κ3) is 10.1. The molecule has 1 aliphatic rings. The standard InChI is InChI=1S/C13H24N2O3.C4H11NO2S/c1-10(2)8-11(9-12(16)14-18)13(17)15-6-4-3-5-7-15;1-4-5(2)8(3,6)7/h10-11,18H,3-9H2,1-2H3,(H,14,16);4H2,1-3H3/t11-;/m1./s1. The van der Waals surface area contributed by atoms with Crippen molar-refractivity contribution in [2.45, 2.75) is 52.9 Å². The highest BCUT2D eigenvalue weighted by Crippen LogP contribution is 2.21. The molecule has 0 unspecified atom stereocenters. The van der Waals surface area contributed by atoms with Gasteiger partial charge in [-0.25, -0.2) is 18.2 Å². The van der Waals surface area contributed by atoms with E-state index in [9.17, 15) is 18.0 Å². The molecule has 2 amide bonds. The van der Waals surface area contributed by atoms with Gasteiger partial charge in [-0.1, -0.05) is 20.8 Å². The molecule has 26 heavy (non-hydrogen) atoms. The van der Waals surface area contributed by atoms with E-state index in [-0.39, 0.29) is 18.2 Å². The maximum Gasteiger partial charge on any atom is 0.244 e. The third-order valence-electron chi connectivity index (χ3n) is 4.34. The zero-order valence-electron chi connectivity index (χ0n) is 16.7. The Bertz CT molecular complexity index is 531. The molecule has 2 N–H and O–H groups in total. The number of likely N-dealkylation sites (tertiary alicyclic amines) is 1. The Kier molecular flexibility index (Phi) is 11.7. The summed E-state index contributed by atoms with van der Waals surface area (Å²) in [7, 11) is -1.37. The Balaban J connectivity index is 0.000000660. The van der Waals surface area contributed by atoms with Crippen LogP contribution in [0.15, 0.2) is 0 Å². The van der Waals surface area contributed by atoms with E-state index in [1.165, 1.54) is 17.0 Å². The summed E-state index contributed by atoms with van der Waals surface area (Å²) in [5.41, 5.74) is 1.62. The summed E-state index contributed by atoms with van der Waals surface area (Å²) in [4.78, 5) is 25.5. The number of carbonyl (C=O) groups is 2. The van der Waals surface area contributed by atoms with E-state index >= 15 is 0 Å². The molecule has 0 radical (unpaired) electrons. The molecule has 0 aromatic carbocycles. The van der Waals surface area contributed by atoms with Gasteiger partial charge in [0.25, 0.3) is 0 Å². The molecule has 154 valence electrons. The molecule has 1 rings (SSSR count). The molecule has 0 bridgehead atoms. The summed E-state index contributed by atoms with van der Waals surface area (Å²) in [6.07, 6.45) is 5.22. The van der Waals surface area contributed by atoms with Gasteiger partial charge in [0.1, 0.15) is 0 Å². The van der Waals surface area contributed by atoms with Gasteiger partial charge in [-0.15, -0.1) is 0 Å². The largest absolute Gasteiger partial charge is 0.342 e. The molecular formula is C17H35N3O5S. The van der Waals surface area contributed by atoms with Gasteiger partial charge in [-0.05, 0) is 31.6 Å². The minimum absolute atomic E-state index is 0.0620. The fourth-order valence-electron chi connectivity index (χ4n) is 2.72. The van der Waals surface area contributed by atoms with Crippen molar-refractivity contribution in [2.24, 2.45) is 11.8 Å². The summed E-state index contributed by atoms with van der Waals surface area (Å²) < 4.78 is 22.3. The lowest BCUT2D eigenvalue weighted by atomic mass is 9.92. The first-order valence-corrected chi connectivity index (χ1v) is 11.0. The molecule has 0 saturated carbocycles. The van der Waals surface area contributed by atoms with Crippen molar-refractivity contribution in [3.63, 3.8) is 0 Å². The Morgan fingerprint density at radius 3 is 2.08 bits per heavy atom. The minimum atomic E-state index is -2.92. The number of amides is 2. The van der Waals surface area contributed by atoms with E-state index in [4.69, 9.17) is 5.21 Å². The van der Waals surface area contributed by atoms with Gasteiger partial charge in [-0.3, -0.25) is 14.8 Å². The first kappa shape index (κ1) is 24.8. The highest BCUT2D eigenvalue weighted by Gasteiger charge is 2.28. The van der Waals surface area contributed by atoms with Crippen LogP contribution in [0.25, 0.3) is 0 Å². The lowest BCUT2D eigenvalue weighted by Crippen LogP contribution is -2.41. The highest BCUT2D eigenvalue weighted by atomic mass is 32.2. The molecule has 0 spiro atoms. The predicted octanol–water partition coefficient (Wildman–Crippen LogP) is 1.45. The van der Waals surface area contributed by atoms with Crippen LogP contribution in [0, 0.1) is 11.8 Å². The molecule has 1 aliphatic heterocycles. The maximum atomic E-state index is 12.3. The Hall–Kier alpha value is -1.19. The van der Waals surface area contributed by atoms with Crippen molar-refractivity contribution in [3.05, 3.63) is 0 Å². The lowest BCUT2D eigenvalue weighted by molar-refractivity contribution is -0.141. The van der Waals surface area contributed by atoms with Gasteiger partial charge in [0.15, 0.2) is 0 Å². The van der Waals surface area contributed by atoms with Crippen molar-refractivity contribution in [2.75, 3.05) is 32.9 Å². The SMILES string of the molecule is CC(C)C[C@H](CC(=O)NO)C(=O)N1CCCCC1.CCN(C)S(C)(=O)=O.